The van der Waals surface area contributed by atoms with Crippen molar-refractivity contribution in [2.75, 3.05) is 0 Å². The molecule has 0 bridgehead atoms. The van der Waals surface area contributed by atoms with E-state index < -0.39 is 0 Å². The number of fused-ring (bicyclic) bond motifs is 1. The number of pyridine rings is 1. The molecule has 1 heterocycles. The van der Waals surface area contributed by atoms with Crippen LogP contribution in [0.1, 0.15) is 36.1 Å². The molecule has 3 nitrogen and oxygen atoms in total. The molecule has 1 N–H and O–H groups in total. The molecule has 0 aliphatic heterocycles. The zero-order valence-electron chi connectivity index (χ0n) is 17.2. The summed E-state index contributed by atoms with van der Waals surface area (Å²) in [5.74, 6) is -0.0625. The molecule has 0 unspecified atom stereocenters. The number of nitrogens with zero attached hydrogens (tertiary/aromatic N) is 1. The van der Waals surface area contributed by atoms with Gasteiger partial charge in [-0.15, -0.1) is 34.9 Å². The average molecular weight is 553 g/mol. The second-order valence-electron chi connectivity index (χ2n) is 6.94. The van der Waals surface area contributed by atoms with Gasteiger partial charge in [0.2, 0.25) is 0 Å². The minimum absolute atomic E-state index is 0. The number of allylic oxidation sites excluding steroid dienone is 2. The van der Waals surface area contributed by atoms with Crippen molar-refractivity contribution in [1.29, 1.82) is 0 Å². The number of carbonyl (C=O) groups excluding carboxylic acids is 1. The maximum absolute atomic E-state index is 10.0. The summed E-state index contributed by atoms with van der Waals surface area (Å²) >= 11 is 0. The van der Waals surface area contributed by atoms with Gasteiger partial charge in [-0.25, -0.2) is 0 Å². The van der Waals surface area contributed by atoms with E-state index in [4.69, 9.17) is 10.1 Å². The van der Waals surface area contributed by atoms with E-state index in [1.807, 2.05) is 0 Å². The second kappa shape index (κ2) is 10.3. The topological polar surface area (TPSA) is 50.2 Å². The third kappa shape index (κ3) is 6.40. The number of hydrogen-bond acceptors (Lipinski definition) is 3. The van der Waals surface area contributed by atoms with E-state index in [2.05, 4.69) is 70.2 Å². The third-order valence-corrected chi connectivity index (χ3v) is 4.08. The van der Waals surface area contributed by atoms with Crippen LogP contribution in [0.3, 0.4) is 0 Å². The Morgan fingerprint density at radius 1 is 1.04 bits per heavy atom. The van der Waals surface area contributed by atoms with Crippen LogP contribution in [0.4, 0.5) is 0 Å². The van der Waals surface area contributed by atoms with Crippen LogP contribution in [0, 0.1) is 33.8 Å². The van der Waals surface area contributed by atoms with E-state index in [0.29, 0.717) is 0 Å². The molecule has 3 aromatic rings. The first kappa shape index (κ1) is 23.7. The van der Waals surface area contributed by atoms with E-state index >= 15 is 0 Å². The van der Waals surface area contributed by atoms with Gasteiger partial charge < -0.3 is 5.11 Å². The van der Waals surface area contributed by atoms with E-state index in [0.717, 1.165) is 22.3 Å². The monoisotopic (exact) mass is 553 g/mol. The predicted octanol–water partition coefficient (Wildman–Crippen LogP) is 5.97. The number of aryl methyl sites for hydroxylation is 4. The van der Waals surface area contributed by atoms with Crippen LogP contribution in [0.5, 0.6) is 0 Å². The number of carbonyl (C=O) groups is 1. The second-order valence-corrected chi connectivity index (χ2v) is 6.94. The normalized spacial score (nSPS) is 10.7. The smallest absolute Gasteiger partial charge is 0.155 e. The first-order valence-electron chi connectivity index (χ1n) is 8.93. The van der Waals surface area contributed by atoms with Crippen molar-refractivity contribution < 1.29 is 30.0 Å². The Morgan fingerprint density at radius 3 is 2.25 bits per heavy atom. The zero-order valence-corrected chi connectivity index (χ0v) is 19.6. The summed E-state index contributed by atoms with van der Waals surface area (Å²) in [6.07, 6.45) is 1.17. The zero-order chi connectivity index (χ0) is 20.1. The maximum Gasteiger partial charge on any atom is 0.155 e. The molecule has 28 heavy (non-hydrogen) atoms. The fourth-order valence-electron chi connectivity index (χ4n) is 3.16. The van der Waals surface area contributed by atoms with Crippen LogP contribution in [-0.2, 0) is 24.9 Å². The molecule has 3 rings (SSSR count). The van der Waals surface area contributed by atoms with Gasteiger partial charge in [-0.3, -0.25) is 9.78 Å². The fourth-order valence-corrected chi connectivity index (χ4v) is 3.16. The molecule has 1 aromatic heterocycles. The number of aromatic nitrogens is 1. The first-order chi connectivity index (χ1) is 12.7. The minimum Gasteiger partial charge on any atom is -0.512 e. The van der Waals surface area contributed by atoms with Crippen LogP contribution < -0.4 is 0 Å². The molecular weight excluding hydrogens is 526 g/mol. The third-order valence-electron chi connectivity index (χ3n) is 4.08. The molecule has 1 radical (unpaired) electrons. The SMILES string of the molecule is CC(=O)/C=C(/C)O.Cc1[c-]c(-c2cc(C)c3c(C)cccc3n2)cc(C)c1.[Ir]. The summed E-state index contributed by atoms with van der Waals surface area (Å²) in [6.45, 7) is 11.3. The van der Waals surface area contributed by atoms with Crippen molar-refractivity contribution in [3.63, 3.8) is 0 Å². The minimum atomic E-state index is -0.125. The number of benzene rings is 2. The first-order valence-corrected chi connectivity index (χ1v) is 8.93. The Morgan fingerprint density at radius 2 is 1.71 bits per heavy atom. The van der Waals surface area contributed by atoms with Crippen molar-refractivity contribution in [1.82, 2.24) is 4.98 Å². The van der Waals surface area contributed by atoms with Gasteiger partial charge in [-0.2, -0.15) is 0 Å². The molecule has 2 aromatic carbocycles. The Balaban J connectivity index is 0.000000425. The molecule has 0 amide bonds. The van der Waals surface area contributed by atoms with Gasteiger partial charge in [0.25, 0.3) is 0 Å². The largest absolute Gasteiger partial charge is 0.512 e. The number of aliphatic hydroxyl groups excluding tert-OH is 1. The maximum atomic E-state index is 10.0. The van der Waals surface area contributed by atoms with Gasteiger partial charge >= 0.3 is 0 Å². The quantitative estimate of drug-likeness (QED) is 0.242. The van der Waals surface area contributed by atoms with Gasteiger partial charge in [-0.05, 0) is 50.6 Å². The molecule has 4 heteroatoms. The van der Waals surface area contributed by atoms with E-state index in [-0.39, 0.29) is 31.6 Å². The standard InChI is InChI=1S/C19H18N.C5H8O2.Ir/c1-12-8-13(2)10-16(9-12)18-11-15(4)19-14(3)6-5-7-17(19)20-18;1-4(6)3-5(2)7;/h5-9,11H,1-4H3;3,6H,1-2H3;/q-1;;/b;4-3-;. The molecule has 149 valence electrons. The van der Waals surface area contributed by atoms with Crippen molar-refractivity contribution in [3.05, 3.63) is 76.6 Å². The van der Waals surface area contributed by atoms with Crippen molar-refractivity contribution in [2.24, 2.45) is 0 Å². The summed E-state index contributed by atoms with van der Waals surface area (Å²) in [7, 11) is 0. The molecule has 0 aliphatic rings. The van der Waals surface area contributed by atoms with E-state index in [9.17, 15) is 4.79 Å². The molecular formula is C24H26IrNO2-. The Bertz CT molecular complexity index is 998. The van der Waals surface area contributed by atoms with Crippen molar-refractivity contribution >= 4 is 16.7 Å². The Kier molecular flexibility index (Phi) is 8.74. The van der Waals surface area contributed by atoms with Gasteiger partial charge in [0.1, 0.15) is 0 Å². The van der Waals surface area contributed by atoms with Crippen LogP contribution in [0.25, 0.3) is 22.2 Å². The number of rotatable bonds is 2. The number of aliphatic hydroxyl groups is 1. The summed E-state index contributed by atoms with van der Waals surface area (Å²) < 4.78 is 0. The van der Waals surface area contributed by atoms with Crippen LogP contribution >= 0.6 is 0 Å². The summed E-state index contributed by atoms with van der Waals surface area (Å²) in [4.78, 5) is 14.8. The van der Waals surface area contributed by atoms with Crippen LogP contribution in [0.15, 0.2) is 48.2 Å². The molecule has 0 saturated heterocycles. The predicted molar refractivity (Wildman–Crippen MR) is 112 cm³/mol. The van der Waals surface area contributed by atoms with E-state index in [1.54, 1.807) is 0 Å². The molecule has 0 fully saturated rings. The molecule has 0 aliphatic carbocycles. The van der Waals surface area contributed by atoms with Gasteiger partial charge in [0, 0.05) is 31.6 Å². The molecule has 0 spiro atoms. The van der Waals surface area contributed by atoms with Crippen molar-refractivity contribution in [3.8, 4) is 11.3 Å². The van der Waals surface area contributed by atoms with E-state index in [1.165, 1.54) is 42.0 Å². The van der Waals surface area contributed by atoms with Crippen LogP contribution in [0.2, 0.25) is 0 Å². The van der Waals surface area contributed by atoms with Crippen LogP contribution in [-0.4, -0.2) is 15.9 Å². The van der Waals surface area contributed by atoms with Crippen molar-refractivity contribution in [2.45, 2.75) is 41.5 Å². The summed E-state index contributed by atoms with van der Waals surface area (Å²) in [5, 5.41) is 9.63. The summed E-state index contributed by atoms with van der Waals surface area (Å²) in [5.41, 5.74) is 8.11. The number of ketones is 1. The number of hydrogen-bond donors (Lipinski definition) is 1. The van der Waals surface area contributed by atoms with Gasteiger partial charge in [0.15, 0.2) is 5.78 Å². The molecule has 0 saturated carbocycles. The summed E-state index contributed by atoms with van der Waals surface area (Å²) in [6, 6.07) is 16.2. The average Bonchev–Trinajstić information content (AvgIpc) is 2.53. The van der Waals surface area contributed by atoms with Gasteiger partial charge in [-0.1, -0.05) is 32.0 Å². The fraction of sp³-hybridized carbons (Fsp3) is 0.250. The Labute approximate surface area is 180 Å². The Hall–Kier alpha value is -2.29. The molecule has 0 atom stereocenters. The van der Waals surface area contributed by atoms with Gasteiger partial charge in [0.05, 0.1) is 11.3 Å².